The van der Waals surface area contributed by atoms with E-state index in [0.717, 1.165) is 12.8 Å². The average molecular weight is 229 g/mol. The molecule has 1 rings (SSSR count). The molecule has 4 N–H and O–H groups in total. The molecule has 1 aromatic rings. The van der Waals surface area contributed by atoms with Gasteiger partial charge < -0.3 is 11.5 Å². The fourth-order valence-electron chi connectivity index (χ4n) is 1.23. The summed E-state index contributed by atoms with van der Waals surface area (Å²) in [5, 5.41) is 0. The zero-order valence-electron chi connectivity index (χ0n) is 8.77. The maximum Gasteiger partial charge on any atom is 0.248 e. The van der Waals surface area contributed by atoms with Crippen LogP contribution >= 0.6 is 12.4 Å². The van der Waals surface area contributed by atoms with Crippen LogP contribution in [0.15, 0.2) is 24.3 Å². The zero-order valence-corrected chi connectivity index (χ0v) is 9.59. The number of hydrogen-bond acceptors (Lipinski definition) is 2. The third-order valence-corrected chi connectivity index (χ3v) is 2.13. The lowest BCUT2D eigenvalue weighted by atomic mass is 10.0. The number of hydrogen-bond donors (Lipinski definition) is 2. The highest BCUT2D eigenvalue weighted by atomic mass is 35.5. The quantitative estimate of drug-likeness (QED) is 0.820. The fourth-order valence-corrected chi connectivity index (χ4v) is 1.23. The molecule has 1 atom stereocenters. The van der Waals surface area contributed by atoms with Gasteiger partial charge in [0.15, 0.2) is 0 Å². The van der Waals surface area contributed by atoms with Crippen molar-refractivity contribution >= 4 is 18.3 Å². The van der Waals surface area contributed by atoms with E-state index in [1.807, 2.05) is 19.1 Å². The maximum atomic E-state index is 10.8. The molecule has 1 aromatic carbocycles. The van der Waals surface area contributed by atoms with Gasteiger partial charge in [0.05, 0.1) is 0 Å². The highest BCUT2D eigenvalue weighted by Crippen LogP contribution is 2.07. The predicted molar refractivity (Wildman–Crippen MR) is 64.2 cm³/mol. The smallest absolute Gasteiger partial charge is 0.248 e. The molecular weight excluding hydrogens is 212 g/mol. The fraction of sp³-hybridized carbons (Fsp3) is 0.364. The van der Waals surface area contributed by atoms with Crippen LogP contribution in [0.3, 0.4) is 0 Å². The van der Waals surface area contributed by atoms with Gasteiger partial charge in [-0.15, -0.1) is 12.4 Å². The van der Waals surface area contributed by atoms with E-state index >= 15 is 0 Å². The highest BCUT2D eigenvalue weighted by molar-refractivity contribution is 5.92. The van der Waals surface area contributed by atoms with Gasteiger partial charge in [-0.1, -0.05) is 12.1 Å². The van der Waals surface area contributed by atoms with E-state index in [0.29, 0.717) is 5.56 Å². The third-order valence-electron chi connectivity index (χ3n) is 2.13. The van der Waals surface area contributed by atoms with Crippen molar-refractivity contribution in [3.05, 3.63) is 35.4 Å². The summed E-state index contributed by atoms with van der Waals surface area (Å²) < 4.78 is 0. The number of carbonyl (C=O) groups excluding carboxylic acids is 1. The van der Waals surface area contributed by atoms with Crippen LogP contribution in [-0.4, -0.2) is 11.9 Å². The summed E-state index contributed by atoms with van der Waals surface area (Å²) in [6.45, 7) is 1.98. The average Bonchev–Trinajstić information content (AvgIpc) is 2.15. The Morgan fingerprint density at radius 1 is 1.33 bits per heavy atom. The number of rotatable bonds is 4. The SMILES string of the molecule is C[C@H](N)CCc1ccc(C(N)=O)cc1.Cl. The number of primary amides is 1. The molecule has 0 heterocycles. The van der Waals surface area contributed by atoms with E-state index in [2.05, 4.69) is 0 Å². The Kier molecular flexibility index (Phi) is 5.97. The molecule has 15 heavy (non-hydrogen) atoms. The second-order valence-electron chi connectivity index (χ2n) is 3.58. The van der Waals surface area contributed by atoms with Crippen LogP contribution in [-0.2, 0) is 6.42 Å². The van der Waals surface area contributed by atoms with Crippen molar-refractivity contribution < 1.29 is 4.79 Å². The monoisotopic (exact) mass is 228 g/mol. The Labute approximate surface area is 96.3 Å². The molecule has 0 aliphatic carbocycles. The topological polar surface area (TPSA) is 69.1 Å². The van der Waals surface area contributed by atoms with Crippen molar-refractivity contribution in [1.82, 2.24) is 0 Å². The maximum absolute atomic E-state index is 10.8. The Balaban J connectivity index is 0.00000196. The van der Waals surface area contributed by atoms with E-state index in [-0.39, 0.29) is 24.4 Å². The zero-order chi connectivity index (χ0) is 10.6. The molecule has 0 aromatic heterocycles. The summed E-state index contributed by atoms with van der Waals surface area (Å²) >= 11 is 0. The van der Waals surface area contributed by atoms with Gasteiger partial charge in [0.25, 0.3) is 0 Å². The van der Waals surface area contributed by atoms with Gasteiger partial charge in [-0.05, 0) is 37.5 Å². The van der Waals surface area contributed by atoms with Gasteiger partial charge >= 0.3 is 0 Å². The number of nitrogens with two attached hydrogens (primary N) is 2. The molecule has 0 fully saturated rings. The number of carbonyl (C=O) groups is 1. The van der Waals surface area contributed by atoms with Gasteiger partial charge in [-0.2, -0.15) is 0 Å². The molecule has 0 saturated heterocycles. The van der Waals surface area contributed by atoms with Crippen LogP contribution in [0.25, 0.3) is 0 Å². The van der Waals surface area contributed by atoms with Gasteiger partial charge in [0.2, 0.25) is 5.91 Å². The van der Waals surface area contributed by atoms with Crippen LogP contribution < -0.4 is 11.5 Å². The van der Waals surface area contributed by atoms with Gasteiger partial charge in [-0.25, -0.2) is 0 Å². The lowest BCUT2D eigenvalue weighted by molar-refractivity contribution is 0.100. The van der Waals surface area contributed by atoms with Crippen molar-refractivity contribution in [1.29, 1.82) is 0 Å². The lowest BCUT2D eigenvalue weighted by Crippen LogP contribution is -2.15. The summed E-state index contributed by atoms with van der Waals surface area (Å²) in [4.78, 5) is 10.8. The minimum Gasteiger partial charge on any atom is -0.366 e. The van der Waals surface area contributed by atoms with E-state index in [1.54, 1.807) is 12.1 Å². The van der Waals surface area contributed by atoms with Gasteiger partial charge in [0.1, 0.15) is 0 Å². The molecular formula is C11H17ClN2O. The number of amides is 1. The molecule has 0 aliphatic rings. The van der Waals surface area contributed by atoms with Crippen LogP contribution in [0.5, 0.6) is 0 Å². The summed E-state index contributed by atoms with van der Waals surface area (Å²) in [6, 6.07) is 7.55. The number of aryl methyl sites for hydroxylation is 1. The lowest BCUT2D eigenvalue weighted by Gasteiger charge is -2.05. The predicted octanol–water partition coefficient (Wildman–Crippen LogP) is 1.49. The van der Waals surface area contributed by atoms with Crippen LogP contribution in [0, 0.1) is 0 Å². The standard InChI is InChI=1S/C11H16N2O.ClH/c1-8(12)2-3-9-4-6-10(7-5-9)11(13)14;/h4-8H,2-3,12H2,1H3,(H2,13,14);1H/t8-;/m0./s1. The summed E-state index contributed by atoms with van der Waals surface area (Å²) in [5.74, 6) is -0.385. The summed E-state index contributed by atoms with van der Waals surface area (Å²) in [5.41, 5.74) is 12.5. The second kappa shape index (κ2) is 6.43. The van der Waals surface area contributed by atoms with Crippen molar-refractivity contribution in [2.24, 2.45) is 11.5 Å². The number of halogens is 1. The molecule has 0 radical (unpaired) electrons. The first-order valence-corrected chi connectivity index (χ1v) is 4.74. The van der Waals surface area contributed by atoms with Crippen molar-refractivity contribution in [3.63, 3.8) is 0 Å². The molecule has 4 heteroatoms. The number of benzene rings is 1. The highest BCUT2D eigenvalue weighted by Gasteiger charge is 2.00. The van der Waals surface area contributed by atoms with E-state index in [9.17, 15) is 4.79 Å². The van der Waals surface area contributed by atoms with Crippen LogP contribution in [0.2, 0.25) is 0 Å². The minimum atomic E-state index is -0.385. The molecule has 0 spiro atoms. The molecule has 3 nitrogen and oxygen atoms in total. The first kappa shape index (κ1) is 13.9. The van der Waals surface area contributed by atoms with Crippen molar-refractivity contribution in [2.45, 2.75) is 25.8 Å². The Bertz CT molecular complexity index is 309. The molecule has 1 amide bonds. The molecule has 0 bridgehead atoms. The van der Waals surface area contributed by atoms with Crippen molar-refractivity contribution in [2.75, 3.05) is 0 Å². The largest absolute Gasteiger partial charge is 0.366 e. The Morgan fingerprint density at radius 2 is 1.87 bits per heavy atom. The van der Waals surface area contributed by atoms with Crippen LogP contribution in [0.4, 0.5) is 0 Å². The Morgan fingerprint density at radius 3 is 2.27 bits per heavy atom. The third kappa shape index (κ3) is 4.81. The first-order chi connectivity index (χ1) is 6.59. The second-order valence-corrected chi connectivity index (χ2v) is 3.58. The van der Waals surface area contributed by atoms with Crippen molar-refractivity contribution in [3.8, 4) is 0 Å². The molecule has 0 aliphatic heterocycles. The Hall–Kier alpha value is -1.06. The van der Waals surface area contributed by atoms with Gasteiger partial charge in [-0.3, -0.25) is 4.79 Å². The van der Waals surface area contributed by atoms with Gasteiger partial charge in [0, 0.05) is 11.6 Å². The summed E-state index contributed by atoms with van der Waals surface area (Å²) in [7, 11) is 0. The molecule has 0 saturated carbocycles. The summed E-state index contributed by atoms with van der Waals surface area (Å²) in [6.07, 6.45) is 1.90. The van der Waals surface area contributed by atoms with E-state index in [4.69, 9.17) is 11.5 Å². The van der Waals surface area contributed by atoms with E-state index < -0.39 is 0 Å². The molecule has 84 valence electrons. The minimum absolute atomic E-state index is 0. The van der Waals surface area contributed by atoms with Crippen LogP contribution in [0.1, 0.15) is 29.3 Å². The molecule has 0 unspecified atom stereocenters. The van der Waals surface area contributed by atoms with E-state index in [1.165, 1.54) is 5.56 Å². The normalized spacial score (nSPS) is 11.6. The first-order valence-electron chi connectivity index (χ1n) is 4.74.